The largest absolute Gasteiger partial charge is 1.00 e. The Labute approximate surface area is 217 Å². The molecule has 0 radical (unpaired) electrons. The summed E-state index contributed by atoms with van der Waals surface area (Å²) in [6.07, 6.45) is 7.71. The van der Waals surface area contributed by atoms with Crippen molar-refractivity contribution in [1.82, 2.24) is 0 Å². The van der Waals surface area contributed by atoms with Crippen molar-refractivity contribution in [3.63, 3.8) is 0 Å². The van der Waals surface area contributed by atoms with Crippen molar-refractivity contribution < 1.29 is 45.7 Å². The molecule has 32 heavy (non-hydrogen) atoms. The molecule has 0 spiro atoms. The number of benzene rings is 2. The Morgan fingerprint density at radius 1 is 0.688 bits per heavy atom. The van der Waals surface area contributed by atoms with Crippen LogP contribution in [0, 0.1) is 11.8 Å². The van der Waals surface area contributed by atoms with Crippen molar-refractivity contribution in [3.8, 4) is 0 Å². The first-order valence-electron chi connectivity index (χ1n) is 11.8. The topological polar surface area (TPSA) is 0 Å². The number of fused-ring (bicyclic) bond motifs is 2. The molecule has 2 aromatic rings. The summed E-state index contributed by atoms with van der Waals surface area (Å²) in [7, 11) is 0. The van der Waals surface area contributed by atoms with E-state index in [9.17, 15) is 0 Å². The minimum absolute atomic E-state index is 0. The van der Waals surface area contributed by atoms with Gasteiger partial charge in [-0.05, 0) is 0 Å². The van der Waals surface area contributed by atoms with Crippen LogP contribution in [0.15, 0.2) is 59.7 Å². The minimum Gasteiger partial charge on any atom is -1.00 e. The molecule has 0 N–H and O–H groups in total. The average Bonchev–Trinajstić information content (AvgIpc) is 3.20. The number of allylic oxidation sites excluding steroid dienone is 2. The molecule has 2 aliphatic carbocycles. The van der Waals surface area contributed by atoms with Gasteiger partial charge in [-0.2, -0.15) is 0 Å². The Morgan fingerprint density at radius 2 is 1.06 bits per heavy atom. The van der Waals surface area contributed by atoms with E-state index in [1.165, 1.54) is 24.0 Å². The zero-order valence-corrected chi connectivity index (χ0v) is 25.5. The molecule has 0 bridgehead atoms. The SMILES string of the molecule is CC(C)CC1=Cc2ccccc2[CH]1[Zr+2]([CH]1C(CC(C)C)=Cc2ccccc21)[SiH](C)C.[Cl-].[Cl-]. The predicted molar refractivity (Wildman–Crippen MR) is 132 cm³/mol. The van der Waals surface area contributed by atoms with E-state index in [0.717, 1.165) is 19.1 Å². The quantitative estimate of drug-likeness (QED) is 0.452. The van der Waals surface area contributed by atoms with Crippen LogP contribution in [-0.2, 0) is 20.9 Å². The van der Waals surface area contributed by atoms with Gasteiger partial charge in [-0.15, -0.1) is 0 Å². The molecular formula is C28H37Cl2SiZr. The van der Waals surface area contributed by atoms with Crippen molar-refractivity contribution >= 4 is 18.1 Å². The molecule has 4 rings (SSSR count). The summed E-state index contributed by atoms with van der Waals surface area (Å²) < 4.78 is 1.56. The van der Waals surface area contributed by atoms with Crippen molar-refractivity contribution in [3.05, 3.63) is 81.9 Å². The van der Waals surface area contributed by atoms with Gasteiger partial charge in [0.25, 0.3) is 0 Å². The van der Waals surface area contributed by atoms with E-state index in [2.05, 4.69) is 101 Å². The first-order chi connectivity index (χ1) is 14.4. The van der Waals surface area contributed by atoms with Gasteiger partial charge in [0.1, 0.15) is 0 Å². The van der Waals surface area contributed by atoms with Crippen LogP contribution < -0.4 is 24.8 Å². The van der Waals surface area contributed by atoms with Gasteiger partial charge in [-0.3, -0.25) is 0 Å². The fourth-order valence-electron chi connectivity index (χ4n) is 5.69. The number of hydrogen-bond acceptors (Lipinski definition) is 0. The van der Waals surface area contributed by atoms with Crippen molar-refractivity contribution in [2.24, 2.45) is 11.8 Å². The molecule has 0 saturated heterocycles. The number of rotatable bonds is 7. The van der Waals surface area contributed by atoms with E-state index in [-0.39, 0.29) is 24.8 Å². The van der Waals surface area contributed by atoms with E-state index < -0.39 is 26.8 Å². The third-order valence-electron chi connectivity index (χ3n) is 6.66. The van der Waals surface area contributed by atoms with Crippen molar-refractivity contribution in [2.45, 2.75) is 60.9 Å². The standard InChI is InChI=1S/2C13H15.C2H7Si.2ClH.Zr/c2*1-10(2)7-11-8-12-5-3-4-6-13(12)9-11;1-3-2;;;/h2*3-6,8-10H,7H2,1-2H3;3H,1-2H3;2*1H;/q;;;;;+2/p-2. The van der Waals surface area contributed by atoms with E-state index in [1.54, 1.807) is 22.3 Å². The third kappa shape index (κ3) is 5.63. The molecule has 2 aliphatic rings. The zero-order valence-electron chi connectivity index (χ0n) is 20.3. The van der Waals surface area contributed by atoms with Gasteiger partial charge in [0.2, 0.25) is 0 Å². The summed E-state index contributed by atoms with van der Waals surface area (Å²) in [5.74, 6) is 0.697. The Morgan fingerprint density at radius 3 is 1.41 bits per heavy atom. The third-order valence-corrected chi connectivity index (χ3v) is 28.4. The second-order valence-electron chi connectivity index (χ2n) is 10.4. The normalized spacial score (nSPS) is 18.7. The van der Waals surface area contributed by atoms with Gasteiger partial charge in [0.05, 0.1) is 0 Å². The molecule has 0 heterocycles. The Balaban J connectivity index is 0.00000181. The first kappa shape index (κ1) is 27.8. The molecule has 0 fully saturated rings. The predicted octanol–water partition coefficient (Wildman–Crippen LogP) is 1.96. The number of hydrogen-bond donors (Lipinski definition) is 0. The molecule has 0 saturated carbocycles. The van der Waals surface area contributed by atoms with Crippen LogP contribution in [0.1, 0.15) is 70.0 Å². The first-order valence-corrected chi connectivity index (χ1v) is 21.8. The number of halogens is 2. The zero-order chi connectivity index (χ0) is 21.4. The monoisotopic (exact) mass is 561 g/mol. The molecule has 2 unspecified atom stereocenters. The van der Waals surface area contributed by atoms with E-state index in [1.807, 2.05) is 0 Å². The van der Waals surface area contributed by atoms with Gasteiger partial charge < -0.3 is 24.8 Å². The van der Waals surface area contributed by atoms with Crippen LogP contribution in [0.25, 0.3) is 12.2 Å². The fraction of sp³-hybridized carbons (Fsp3) is 0.429. The molecule has 0 aromatic heterocycles. The molecule has 4 heteroatoms. The Hall–Kier alpha value is -0.400. The van der Waals surface area contributed by atoms with Gasteiger partial charge in [-0.1, -0.05) is 0 Å². The maximum absolute atomic E-state index is 2.68. The van der Waals surface area contributed by atoms with Crippen LogP contribution in [0.3, 0.4) is 0 Å². The van der Waals surface area contributed by atoms with E-state index >= 15 is 0 Å². The molecule has 2 aromatic carbocycles. The van der Waals surface area contributed by atoms with Crippen LogP contribution in [0.2, 0.25) is 13.1 Å². The molecule has 0 aliphatic heterocycles. The Kier molecular flexibility index (Phi) is 10.3. The van der Waals surface area contributed by atoms with Crippen molar-refractivity contribution in [1.29, 1.82) is 0 Å². The second kappa shape index (κ2) is 11.8. The summed E-state index contributed by atoms with van der Waals surface area (Å²) in [6, 6.07) is 18.7. The minimum atomic E-state index is -1.89. The fourth-order valence-corrected chi connectivity index (χ4v) is 28.5. The summed E-state index contributed by atoms with van der Waals surface area (Å²) >= 11 is -1.89. The van der Waals surface area contributed by atoms with Crippen LogP contribution in [0.4, 0.5) is 0 Å². The Bertz CT molecular complexity index is 901. The summed E-state index contributed by atoms with van der Waals surface area (Å²) in [4.78, 5) is 0. The van der Waals surface area contributed by atoms with Crippen LogP contribution >= 0.6 is 0 Å². The van der Waals surface area contributed by atoms with Gasteiger partial charge in [-0.25, -0.2) is 0 Å². The van der Waals surface area contributed by atoms with Crippen LogP contribution in [-0.4, -0.2) is 5.92 Å². The van der Waals surface area contributed by atoms with Crippen LogP contribution in [0.5, 0.6) is 0 Å². The van der Waals surface area contributed by atoms with E-state index in [4.69, 9.17) is 0 Å². The second-order valence-corrected chi connectivity index (χ2v) is 30.5. The van der Waals surface area contributed by atoms with Gasteiger partial charge in [0.15, 0.2) is 0 Å². The van der Waals surface area contributed by atoms with E-state index in [0.29, 0.717) is 0 Å². The van der Waals surface area contributed by atoms with Crippen molar-refractivity contribution in [2.75, 3.05) is 0 Å². The van der Waals surface area contributed by atoms with Gasteiger partial charge >= 0.3 is 194 Å². The van der Waals surface area contributed by atoms with Gasteiger partial charge in [0, 0.05) is 0 Å². The summed E-state index contributed by atoms with van der Waals surface area (Å²) in [5.41, 5.74) is 9.94. The maximum atomic E-state index is 2.68. The molecule has 171 valence electrons. The maximum Gasteiger partial charge on any atom is -1.00 e. The molecular weight excluding hydrogens is 527 g/mol. The summed E-state index contributed by atoms with van der Waals surface area (Å²) in [6.45, 7) is 14.9. The molecule has 0 amide bonds. The summed E-state index contributed by atoms with van der Waals surface area (Å²) in [5, 5.41) is 0. The smallest absolute Gasteiger partial charge is 1.00 e. The molecule has 0 nitrogen and oxygen atoms in total. The molecule has 2 atom stereocenters. The average molecular weight is 564 g/mol.